The van der Waals surface area contributed by atoms with E-state index in [9.17, 15) is 9.50 Å². The standard InChI is InChI=1S/C17H19FO/c1-11-4-7-16(18)15(8-11)17(19)10-14-6-5-12(2)13(3)9-14/h4-9,17,19H,10H2,1-3H3. The summed E-state index contributed by atoms with van der Waals surface area (Å²) in [5.74, 6) is -0.345. The van der Waals surface area contributed by atoms with Crippen LogP contribution in [0.15, 0.2) is 36.4 Å². The molecule has 0 amide bonds. The summed E-state index contributed by atoms with van der Waals surface area (Å²) in [4.78, 5) is 0. The zero-order chi connectivity index (χ0) is 14.0. The molecule has 0 aliphatic heterocycles. The largest absolute Gasteiger partial charge is 0.388 e. The van der Waals surface area contributed by atoms with Gasteiger partial charge in [-0.2, -0.15) is 0 Å². The smallest absolute Gasteiger partial charge is 0.129 e. The number of aliphatic hydroxyl groups is 1. The topological polar surface area (TPSA) is 20.2 Å². The molecule has 0 aliphatic carbocycles. The predicted octanol–water partition coefficient (Wildman–Crippen LogP) is 4.03. The first-order valence-corrected chi connectivity index (χ1v) is 6.47. The molecule has 0 fully saturated rings. The molecule has 100 valence electrons. The SMILES string of the molecule is Cc1ccc(F)c(C(O)Cc2ccc(C)c(C)c2)c1. The summed E-state index contributed by atoms with van der Waals surface area (Å²) in [7, 11) is 0. The Labute approximate surface area is 113 Å². The number of hydrogen-bond acceptors (Lipinski definition) is 1. The molecule has 0 bridgehead atoms. The molecule has 0 aliphatic rings. The Morgan fingerprint density at radius 3 is 2.42 bits per heavy atom. The van der Waals surface area contributed by atoms with Crippen LogP contribution in [0.2, 0.25) is 0 Å². The van der Waals surface area contributed by atoms with E-state index in [-0.39, 0.29) is 5.82 Å². The highest BCUT2D eigenvalue weighted by molar-refractivity contribution is 5.32. The summed E-state index contributed by atoms with van der Waals surface area (Å²) < 4.78 is 13.7. The molecule has 2 rings (SSSR count). The van der Waals surface area contributed by atoms with E-state index in [1.807, 2.05) is 32.0 Å². The van der Waals surface area contributed by atoms with Gasteiger partial charge in [0.25, 0.3) is 0 Å². The molecule has 19 heavy (non-hydrogen) atoms. The van der Waals surface area contributed by atoms with Crippen LogP contribution < -0.4 is 0 Å². The van der Waals surface area contributed by atoms with Gasteiger partial charge >= 0.3 is 0 Å². The van der Waals surface area contributed by atoms with Crippen molar-refractivity contribution < 1.29 is 9.50 Å². The zero-order valence-corrected chi connectivity index (χ0v) is 11.6. The van der Waals surface area contributed by atoms with E-state index >= 15 is 0 Å². The van der Waals surface area contributed by atoms with Gasteiger partial charge in [0.1, 0.15) is 5.82 Å². The van der Waals surface area contributed by atoms with Gasteiger partial charge in [0, 0.05) is 12.0 Å². The molecule has 0 heterocycles. The quantitative estimate of drug-likeness (QED) is 0.881. The van der Waals surface area contributed by atoms with E-state index in [1.165, 1.54) is 17.2 Å². The van der Waals surface area contributed by atoms with Crippen LogP contribution in [0.3, 0.4) is 0 Å². The Hall–Kier alpha value is -1.67. The minimum Gasteiger partial charge on any atom is -0.388 e. The first-order valence-electron chi connectivity index (χ1n) is 6.47. The zero-order valence-electron chi connectivity index (χ0n) is 11.6. The average molecular weight is 258 g/mol. The van der Waals surface area contributed by atoms with E-state index in [2.05, 4.69) is 6.92 Å². The van der Waals surface area contributed by atoms with Crippen molar-refractivity contribution >= 4 is 0 Å². The average Bonchev–Trinajstić information content (AvgIpc) is 2.36. The van der Waals surface area contributed by atoms with Gasteiger partial charge in [-0.25, -0.2) is 4.39 Å². The summed E-state index contributed by atoms with van der Waals surface area (Å²) in [6.07, 6.45) is -0.372. The maximum absolute atomic E-state index is 13.7. The van der Waals surface area contributed by atoms with Crippen LogP contribution in [-0.4, -0.2) is 5.11 Å². The lowest BCUT2D eigenvalue weighted by molar-refractivity contribution is 0.173. The Bertz CT molecular complexity index is 590. The second-order valence-electron chi connectivity index (χ2n) is 5.16. The third-order valence-electron chi connectivity index (χ3n) is 3.51. The van der Waals surface area contributed by atoms with Gasteiger partial charge in [-0.3, -0.25) is 0 Å². The van der Waals surface area contributed by atoms with E-state index in [1.54, 1.807) is 12.1 Å². The molecule has 1 atom stereocenters. The highest BCUT2D eigenvalue weighted by Gasteiger charge is 2.14. The number of halogens is 1. The molecular weight excluding hydrogens is 239 g/mol. The highest BCUT2D eigenvalue weighted by atomic mass is 19.1. The third kappa shape index (κ3) is 3.21. The normalized spacial score (nSPS) is 12.5. The first kappa shape index (κ1) is 13.8. The fourth-order valence-corrected chi connectivity index (χ4v) is 2.18. The van der Waals surface area contributed by atoms with Crippen molar-refractivity contribution in [1.82, 2.24) is 0 Å². The summed E-state index contributed by atoms with van der Waals surface area (Å²) in [5, 5.41) is 10.2. The molecule has 2 aromatic rings. The van der Waals surface area contributed by atoms with E-state index in [0.29, 0.717) is 12.0 Å². The number of rotatable bonds is 3. The predicted molar refractivity (Wildman–Crippen MR) is 75.7 cm³/mol. The number of aryl methyl sites for hydroxylation is 3. The van der Waals surface area contributed by atoms with Crippen LogP contribution >= 0.6 is 0 Å². The number of aliphatic hydroxyl groups excluding tert-OH is 1. The van der Waals surface area contributed by atoms with Crippen LogP contribution in [0.5, 0.6) is 0 Å². The van der Waals surface area contributed by atoms with E-state index < -0.39 is 6.10 Å². The molecule has 1 unspecified atom stereocenters. The molecule has 1 nitrogen and oxygen atoms in total. The lowest BCUT2D eigenvalue weighted by Crippen LogP contribution is -2.05. The van der Waals surface area contributed by atoms with Gasteiger partial charge in [-0.1, -0.05) is 35.9 Å². The van der Waals surface area contributed by atoms with E-state index in [4.69, 9.17) is 0 Å². The molecule has 0 saturated heterocycles. The number of hydrogen-bond donors (Lipinski definition) is 1. The summed E-state index contributed by atoms with van der Waals surface area (Å²) >= 11 is 0. The summed E-state index contributed by atoms with van der Waals surface area (Å²) in [6.45, 7) is 5.99. The molecule has 1 N–H and O–H groups in total. The maximum atomic E-state index is 13.7. The summed E-state index contributed by atoms with van der Waals surface area (Å²) in [5.41, 5.74) is 4.76. The van der Waals surface area contributed by atoms with Gasteiger partial charge in [0.15, 0.2) is 0 Å². The maximum Gasteiger partial charge on any atom is 0.129 e. The number of benzene rings is 2. The van der Waals surface area contributed by atoms with Gasteiger partial charge in [-0.15, -0.1) is 0 Å². The minimum absolute atomic E-state index is 0.345. The first-order chi connectivity index (χ1) is 8.97. The molecule has 2 aromatic carbocycles. The molecule has 2 heteroatoms. The minimum atomic E-state index is -0.804. The van der Waals surface area contributed by atoms with Crippen molar-refractivity contribution in [3.63, 3.8) is 0 Å². The highest BCUT2D eigenvalue weighted by Crippen LogP contribution is 2.23. The Balaban J connectivity index is 2.22. The van der Waals surface area contributed by atoms with Crippen LogP contribution in [0.4, 0.5) is 4.39 Å². The van der Waals surface area contributed by atoms with Gasteiger partial charge in [-0.05, 0) is 43.5 Å². The summed E-state index contributed by atoms with van der Waals surface area (Å²) in [6, 6.07) is 10.9. The van der Waals surface area contributed by atoms with Crippen LogP contribution in [-0.2, 0) is 6.42 Å². The third-order valence-corrected chi connectivity index (χ3v) is 3.51. The second-order valence-corrected chi connectivity index (χ2v) is 5.16. The van der Waals surface area contributed by atoms with Crippen LogP contribution in [0.1, 0.15) is 33.9 Å². The van der Waals surface area contributed by atoms with E-state index in [0.717, 1.165) is 11.1 Å². The van der Waals surface area contributed by atoms with Crippen molar-refractivity contribution in [2.24, 2.45) is 0 Å². The van der Waals surface area contributed by atoms with Crippen molar-refractivity contribution in [1.29, 1.82) is 0 Å². The Kier molecular flexibility index (Phi) is 4.01. The second kappa shape index (κ2) is 5.54. The Morgan fingerprint density at radius 1 is 1.00 bits per heavy atom. The Morgan fingerprint density at radius 2 is 1.74 bits per heavy atom. The molecule has 0 spiro atoms. The molecule has 0 aromatic heterocycles. The van der Waals surface area contributed by atoms with Gasteiger partial charge < -0.3 is 5.11 Å². The van der Waals surface area contributed by atoms with Gasteiger partial charge in [0.2, 0.25) is 0 Å². The lowest BCUT2D eigenvalue weighted by Gasteiger charge is -2.14. The monoisotopic (exact) mass is 258 g/mol. The van der Waals surface area contributed by atoms with Crippen LogP contribution in [0.25, 0.3) is 0 Å². The van der Waals surface area contributed by atoms with Gasteiger partial charge in [0.05, 0.1) is 6.10 Å². The van der Waals surface area contributed by atoms with Crippen LogP contribution in [0, 0.1) is 26.6 Å². The lowest BCUT2D eigenvalue weighted by atomic mass is 9.97. The van der Waals surface area contributed by atoms with Crippen molar-refractivity contribution in [3.8, 4) is 0 Å². The molecule has 0 radical (unpaired) electrons. The van der Waals surface area contributed by atoms with Crippen molar-refractivity contribution in [2.45, 2.75) is 33.3 Å². The fourth-order valence-electron chi connectivity index (χ4n) is 2.18. The van der Waals surface area contributed by atoms with Crippen molar-refractivity contribution in [3.05, 3.63) is 70.0 Å². The molecule has 0 saturated carbocycles. The molecular formula is C17H19FO. The fraction of sp³-hybridized carbons (Fsp3) is 0.294. The van der Waals surface area contributed by atoms with Crippen molar-refractivity contribution in [2.75, 3.05) is 0 Å².